The van der Waals surface area contributed by atoms with Gasteiger partial charge in [-0.15, -0.1) is 0 Å². The van der Waals surface area contributed by atoms with Gasteiger partial charge in [0.15, 0.2) is 0 Å². The van der Waals surface area contributed by atoms with Gasteiger partial charge in [0.2, 0.25) is 0 Å². The van der Waals surface area contributed by atoms with E-state index in [9.17, 15) is 8.60 Å². The quantitative estimate of drug-likeness (QED) is 0.879. The maximum Gasteiger partial charge on any atom is 0.123 e. The van der Waals surface area contributed by atoms with Crippen LogP contribution in [0.15, 0.2) is 24.3 Å². The van der Waals surface area contributed by atoms with Gasteiger partial charge < -0.3 is 5.32 Å². The molecule has 2 rings (SSSR count). The van der Waals surface area contributed by atoms with Crippen LogP contribution < -0.4 is 5.32 Å². The lowest BCUT2D eigenvalue weighted by Crippen LogP contribution is -2.48. The Labute approximate surface area is 104 Å². The molecule has 1 saturated heterocycles. The Morgan fingerprint density at radius 2 is 2.29 bits per heavy atom. The molecule has 2 nitrogen and oxygen atoms in total. The Morgan fingerprint density at radius 1 is 1.53 bits per heavy atom. The van der Waals surface area contributed by atoms with Crippen LogP contribution in [0.1, 0.15) is 31.9 Å². The van der Waals surface area contributed by atoms with E-state index in [4.69, 9.17) is 0 Å². The van der Waals surface area contributed by atoms with Crippen LogP contribution in [0.25, 0.3) is 0 Å². The Bertz CT molecular complexity index is 424. The van der Waals surface area contributed by atoms with Crippen LogP contribution >= 0.6 is 0 Å². The van der Waals surface area contributed by atoms with Crippen molar-refractivity contribution in [2.75, 3.05) is 5.75 Å². The predicted molar refractivity (Wildman–Crippen MR) is 68.8 cm³/mol. The Balaban J connectivity index is 2.26. The summed E-state index contributed by atoms with van der Waals surface area (Å²) in [6, 6.07) is 6.82. The summed E-state index contributed by atoms with van der Waals surface area (Å²) in [5, 5.41) is 3.49. The summed E-state index contributed by atoms with van der Waals surface area (Å²) in [5.74, 6) is 0.463. The third kappa shape index (κ3) is 2.75. The van der Waals surface area contributed by atoms with E-state index in [2.05, 4.69) is 12.2 Å². The zero-order valence-corrected chi connectivity index (χ0v) is 11.0. The van der Waals surface area contributed by atoms with E-state index in [1.54, 1.807) is 6.07 Å². The zero-order chi connectivity index (χ0) is 12.4. The average molecular weight is 255 g/mol. The molecule has 4 heteroatoms. The van der Waals surface area contributed by atoms with E-state index in [-0.39, 0.29) is 23.2 Å². The number of benzene rings is 1. The molecule has 4 unspecified atom stereocenters. The van der Waals surface area contributed by atoms with Crippen LogP contribution in [0.4, 0.5) is 4.39 Å². The normalized spacial score (nSPS) is 33.6. The first-order valence-corrected chi connectivity index (χ1v) is 7.38. The molecule has 1 N–H and O–H groups in total. The average Bonchev–Trinajstić information content (AvgIpc) is 2.32. The molecule has 1 aliphatic rings. The molecule has 1 aromatic carbocycles. The highest BCUT2D eigenvalue weighted by atomic mass is 32.2. The molecule has 0 saturated carbocycles. The number of hydrogen-bond acceptors (Lipinski definition) is 2. The predicted octanol–water partition coefficient (Wildman–Crippen LogP) is 2.39. The monoisotopic (exact) mass is 255 g/mol. The third-order valence-corrected chi connectivity index (χ3v) is 5.20. The minimum Gasteiger partial charge on any atom is -0.305 e. The molecule has 94 valence electrons. The second kappa shape index (κ2) is 5.27. The van der Waals surface area contributed by atoms with Crippen molar-refractivity contribution < 1.29 is 8.60 Å². The fourth-order valence-electron chi connectivity index (χ4n) is 2.24. The molecule has 17 heavy (non-hydrogen) atoms. The molecule has 1 fully saturated rings. The summed E-state index contributed by atoms with van der Waals surface area (Å²) in [6.45, 7) is 4.04. The zero-order valence-electron chi connectivity index (χ0n) is 10.2. The maximum atomic E-state index is 13.2. The molecule has 4 atom stereocenters. The standard InChI is InChI=1S/C13H18FNOS/c1-3-12-8-17(16)9(2)13(15-12)10-5-4-6-11(14)7-10/h4-7,9,12-13,15H,3,8H2,1-2H3. The van der Waals surface area contributed by atoms with Gasteiger partial charge in [0.1, 0.15) is 5.82 Å². The highest BCUT2D eigenvalue weighted by Gasteiger charge is 2.32. The van der Waals surface area contributed by atoms with Gasteiger partial charge in [0.05, 0.1) is 5.25 Å². The van der Waals surface area contributed by atoms with Crippen LogP contribution in [0.5, 0.6) is 0 Å². The third-order valence-electron chi connectivity index (χ3n) is 3.37. The molecular weight excluding hydrogens is 237 g/mol. The van der Waals surface area contributed by atoms with Crippen molar-refractivity contribution in [2.45, 2.75) is 37.6 Å². The van der Waals surface area contributed by atoms with E-state index >= 15 is 0 Å². The van der Waals surface area contributed by atoms with Crippen LogP contribution in [-0.2, 0) is 10.8 Å². The maximum absolute atomic E-state index is 13.2. The van der Waals surface area contributed by atoms with Crippen molar-refractivity contribution in [1.82, 2.24) is 5.32 Å². The first kappa shape index (κ1) is 12.7. The lowest BCUT2D eigenvalue weighted by atomic mass is 10.0. The topological polar surface area (TPSA) is 29.1 Å². The van der Waals surface area contributed by atoms with Crippen molar-refractivity contribution in [1.29, 1.82) is 0 Å². The number of hydrogen-bond donors (Lipinski definition) is 1. The summed E-state index contributed by atoms with van der Waals surface area (Å²) in [5.41, 5.74) is 0.893. The smallest absolute Gasteiger partial charge is 0.123 e. The van der Waals surface area contributed by atoms with Gasteiger partial charge in [-0.25, -0.2) is 4.39 Å². The van der Waals surface area contributed by atoms with E-state index in [0.29, 0.717) is 5.75 Å². The van der Waals surface area contributed by atoms with Crippen molar-refractivity contribution in [2.24, 2.45) is 0 Å². The molecular formula is C13H18FNOS. The van der Waals surface area contributed by atoms with Crippen LogP contribution in [-0.4, -0.2) is 21.3 Å². The number of nitrogens with one attached hydrogen (secondary N) is 1. The fraction of sp³-hybridized carbons (Fsp3) is 0.538. The molecule has 0 radical (unpaired) electrons. The fourth-order valence-corrected chi connectivity index (χ4v) is 3.81. The molecule has 1 aromatic rings. The van der Waals surface area contributed by atoms with Gasteiger partial charge in [-0.3, -0.25) is 4.21 Å². The van der Waals surface area contributed by atoms with Crippen molar-refractivity contribution in [3.63, 3.8) is 0 Å². The molecule has 1 aliphatic heterocycles. The Morgan fingerprint density at radius 3 is 2.94 bits per heavy atom. The lowest BCUT2D eigenvalue weighted by Gasteiger charge is -2.35. The molecule has 0 amide bonds. The summed E-state index contributed by atoms with van der Waals surface area (Å²) in [6.07, 6.45) is 0.949. The first-order valence-electron chi connectivity index (χ1n) is 6.00. The number of halogens is 1. The number of rotatable bonds is 2. The molecule has 0 aliphatic carbocycles. The van der Waals surface area contributed by atoms with Crippen LogP contribution in [0.3, 0.4) is 0 Å². The molecule has 0 aromatic heterocycles. The molecule has 0 bridgehead atoms. The molecule has 0 spiro atoms. The first-order chi connectivity index (χ1) is 8.11. The van der Waals surface area contributed by atoms with Crippen molar-refractivity contribution >= 4 is 10.8 Å². The van der Waals surface area contributed by atoms with Gasteiger partial charge in [-0.1, -0.05) is 19.1 Å². The SMILES string of the molecule is CCC1CS(=O)C(C)C(c2cccc(F)c2)N1. The van der Waals surface area contributed by atoms with Crippen molar-refractivity contribution in [3.05, 3.63) is 35.6 Å². The molecule has 1 heterocycles. The van der Waals surface area contributed by atoms with Gasteiger partial charge >= 0.3 is 0 Å². The minimum absolute atomic E-state index is 0.00904. The minimum atomic E-state index is -0.837. The Kier molecular flexibility index (Phi) is 3.94. The summed E-state index contributed by atoms with van der Waals surface area (Å²) < 4.78 is 25.2. The second-order valence-corrected chi connectivity index (χ2v) is 6.40. The van der Waals surface area contributed by atoms with E-state index in [1.807, 2.05) is 13.0 Å². The van der Waals surface area contributed by atoms with Gasteiger partial charge in [0, 0.05) is 28.6 Å². The summed E-state index contributed by atoms with van der Waals surface area (Å²) >= 11 is 0. The summed E-state index contributed by atoms with van der Waals surface area (Å²) in [7, 11) is -0.837. The van der Waals surface area contributed by atoms with E-state index in [0.717, 1.165) is 12.0 Å². The Hall–Kier alpha value is -0.740. The highest BCUT2D eigenvalue weighted by Crippen LogP contribution is 2.26. The second-order valence-electron chi connectivity index (χ2n) is 4.56. The van der Waals surface area contributed by atoms with Crippen LogP contribution in [0, 0.1) is 5.82 Å². The van der Waals surface area contributed by atoms with Gasteiger partial charge in [0.25, 0.3) is 0 Å². The van der Waals surface area contributed by atoms with E-state index < -0.39 is 10.8 Å². The van der Waals surface area contributed by atoms with Gasteiger partial charge in [-0.2, -0.15) is 0 Å². The van der Waals surface area contributed by atoms with Gasteiger partial charge in [-0.05, 0) is 31.0 Å². The largest absolute Gasteiger partial charge is 0.305 e. The van der Waals surface area contributed by atoms with Crippen molar-refractivity contribution in [3.8, 4) is 0 Å². The van der Waals surface area contributed by atoms with Crippen LogP contribution in [0.2, 0.25) is 0 Å². The lowest BCUT2D eigenvalue weighted by molar-refractivity contribution is 0.419. The highest BCUT2D eigenvalue weighted by molar-refractivity contribution is 7.85. The van der Waals surface area contributed by atoms with E-state index in [1.165, 1.54) is 12.1 Å². The summed E-state index contributed by atoms with van der Waals surface area (Å²) in [4.78, 5) is 0.